The second-order valence-electron chi connectivity index (χ2n) is 7.39. The van der Waals surface area contributed by atoms with Crippen LogP contribution in [0, 0.1) is 0 Å². The molecule has 1 aliphatic heterocycles. The molecule has 0 radical (unpaired) electrons. The van der Waals surface area contributed by atoms with Crippen molar-refractivity contribution in [2.45, 2.75) is 36.8 Å². The highest BCUT2D eigenvalue weighted by Gasteiger charge is 2.29. The van der Waals surface area contributed by atoms with E-state index in [0.29, 0.717) is 30.2 Å². The number of amides is 2. The van der Waals surface area contributed by atoms with Gasteiger partial charge in [-0.2, -0.15) is 0 Å². The normalized spacial score (nSPS) is 14.0. The summed E-state index contributed by atoms with van der Waals surface area (Å²) in [6.07, 6.45) is 0.377. The van der Waals surface area contributed by atoms with E-state index in [0.717, 1.165) is 11.3 Å². The fourth-order valence-corrected chi connectivity index (χ4v) is 5.00. The molecule has 0 saturated heterocycles. The minimum Gasteiger partial charge on any atom is -0.497 e. The number of methoxy groups -OCH3 is 2. The summed E-state index contributed by atoms with van der Waals surface area (Å²) in [4.78, 5) is 26.0. The monoisotopic (exact) mass is 446 g/mol. The Bertz CT molecular complexity index is 1110. The van der Waals surface area contributed by atoms with Gasteiger partial charge in [-0.15, -0.1) is 0 Å². The summed E-state index contributed by atoms with van der Waals surface area (Å²) in [5.41, 5.74) is 1.95. The fraction of sp³-hybridized carbons (Fsp3) is 0.364. The number of hydrogen-bond donors (Lipinski definition) is 1. The number of fused-ring (bicyclic) bond motifs is 1. The lowest BCUT2D eigenvalue weighted by Crippen LogP contribution is -2.26. The van der Waals surface area contributed by atoms with E-state index in [4.69, 9.17) is 9.47 Å². The predicted octanol–water partition coefficient (Wildman–Crippen LogP) is 2.80. The van der Waals surface area contributed by atoms with Gasteiger partial charge in [-0.05, 0) is 49.2 Å². The smallest absolute Gasteiger partial charge is 0.225 e. The summed E-state index contributed by atoms with van der Waals surface area (Å²) in [5.74, 6) is 0.451. The van der Waals surface area contributed by atoms with Gasteiger partial charge in [0.05, 0.1) is 30.1 Å². The first-order valence-corrected chi connectivity index (χ1v) is 11.4. The van der Waals surface area contributed by atoms with Crippen molar-refractivity contribution < 1.29 is 27.5 Å². The van der Waals surface area contributed by atoms with E-state index in [1.807, 2.05) is 0 Å². The Morgan fingerprint density at radius 3 is 2.52 bits per heavy atom. The standard InChI is InChI=1S/C22H26N2O6S/c1-14(11-22(26)23-19-13-17(29-3)5-8-21(19)30-4)31(27,28)18-6-7-20-16(12-18)9-10-24(20)15(2)25/h5-8,12-14H,9-11H2,1-4H3,(H,23,26)/t14-/m0/s1. The van der Waals surface area contributed by atoms with Crippen LogP contribution >= 0.6 is 0 Å². The molecular weight excluding hydrogens is 420 g/mol. The zero-order valence-electron chi connectivity index (χ0n) is 18.0. The highest BCUT2D eigenvalue weighted by atomic mass is 32.2. The number of nitrogens with one attached hydrogen (secondary N) is 1. The molecule has 0 aliphatic carbocycles. The van der Waals surface area contributed by atoms with Crippen LogP contribution in [0.4, 0.5) is 11.4 Å². The molecule has 9 heteroatoms. The molecule has 0 saturated carbocycles. The van der Waals surface area contributed by atoms with Gasteiger partial charge in [-0.25, -0.2) is 8.42 Å². The van der Waals surface area contributed by atoms with Gasteiger partial charge < -0.3 is 19.7 Å². The van der Waals surface area contributed by atoms with Gasteiger partial charge in [0.2, 0.25) is 11.8 Å². The molecule has 0 bridgehead atoms. The number of carbonyl (C=O) groups is 2. The Hall–Kier alpha value is -3.07. The van der Waals surface area contributed by atoms with Gasteiger partial charge in [-0.1, -0.05) is 0 Å². The molecule has 0 spiro atoms. The number of anilines is 2. The summed E-state index contributed by atoms with van der Waals surface area (Å²) in [5, 5.41) is 1.76. The molecule has 1 atom stereocenters. The molecule has 1 aliphatic rings. The van der Waals surface area contributed by atoms with E-state index in [-0.39, 0.29) is 17.2 Å². The maximum Gasteiger partial charge on any atom is 0.225 e. The second-order valence-corrected chi connectivity index (χ2v) is 9.75. The van der Waals surface area contributed by atoms with Crippen molar-refractivity contribution in [3.05, 3.63) is 42.0 Å². The van der Waals surface area contributed by atoms with Crippen LogP contribution in [-0.4, -0.2) is 46.2 Å². The van der Waals surface area contributed by atoms with Gasteiger partial charge in [0, 0.05) is 31.6 Å². The van der Waals surface area contributed by atoms with Crippen molar-refractivity contribution >= 4 is 33.0 Å². The van der Waals surface area contributed by atoms with Crippen LogP contribution in [0.25, 0.3) is 0 Å². The third kappa shape index (κ3) is 4.66. The Morgan fingerprint density at radius 1 is 1.13 bits per heavy atom. The molecule has 31 heavy (non-hydrogen) atoms. The Morgan fingerprint density at radius 2 is 1.87 bits per heavy atom. The van der Waals surface area contributed by atoms with Crippen LogP contribution in [-0.2, 0) is 25.8 Å². The van der Waals surface area contributed by atoms with Crippen molar-refractivity contribution in [3.63, 3.8) is 0 Å². The van der Waals surface area contributed by atoms with E-state index >= 15 is 0 Å². The second kappa shape index (κ2) is 8.97. The van der Waals surface area contributed by atoms with E-state index in [9.17, 15) is 18.0 Å². The average Bonchev–Trinajstić information content (AvgIpc) is 3.17. The van der Waals surface area contributed by atoms with Gasteiger partial charge in [0.1, 0.15) is 11.5 Å². The summed E-state index contributed by atoms with van der Waals surface area (Å²) >= 11 is 0. The molecule has 2 amide bonds. The van der Waals surface area contributed by atoms with Crippen LogP contribution in [0.15, 0.2) is 41.3 Å². The topological polar surface area (TPSA) is 102 Å². The largest absolute Gasteiger partial charge is 0.497 e. The minimum absolute atomic E-state index is 0.0765. The van der Waals surface area contributed by atoms with Gasteiger partial charge >= 0.3 is 0 Å². The fourth-order valence-electron chi connectivity index (χ4n) is 3.60. The molecule has 0 aromatic heterocycles. The summed E-state index contributed by atoms with van der Waals surface area (Å²) in [6, 6.07) is 9.72. The highest BCUT2D eigenvalue weighted by Crippen LogP contribution is 2.32. The lowest BCUT2D eigenvalue weighted by atomic mass is 10.2. The number of sulfone groups is 1. The van der Waals surface area contributed by atoms with Crippen LogP contribution in [0.3, 0.4) is 0 Å². The number of hydrogen-bond acceptors (Lipinski definition) is 6. The van der Waals surface area contributed by atoms with E-state index in [2.05, 4.69) is 5.32 Å². The highest BCUT2D eigenvalue weighted by molar-refractivity contribution is 7.92. The van der Waals surface area contributed by atoms with Crippen molar-refractivity contribution in [2.24, 2.45) is 0 Å². The molecular formula is C22H26N2O6S. The third-order valence-corrected chi connectivity index (χ3v) is 7.48. The van der Waals surface area contributed by atoms with Crippen LogP contribution in [0.5, 0.6) is 11.5 Å². The molecule has 0 unspecified atom stereocenters. The first-order valence-electron chi connectivity index (χ1n) is 9.84. The van der Waals surface area contributed by atoms with E-state index in [1.165, 1.54) is 34.1 Å². The lowest BCUT2D eigenvalue weighted by molar-refractivity contribution is -0.117. The lowest BCUT2D eigenvalue weighted by Gasteiger charge is -2.17. The van der Waals surface area contributed by atoms with E-state index < -0.39 is 21.0 Å². The molecule has 8 nitrogen and oxygen atoms in total. The van der Waals surface area contributed by atoms with Crippen molar-refractivity contribution in [3.8, 4) is 11.5 Å². The summed E-state index contributed by atoms with van der Waals surface area (Å²) in [7, 11) is -0.748. The van der Waals surface area contributed by atoms with Crippen molar-refractivity contribution in [1.82, 2.24) is 0 Å². The first kappa shape index (κ1) is 22.6. The summed E-state index contributed by atoms with van der Waals surface area (Å²) in [6.45, 7) is 3.53. The summed E-state index contributed by atoms with van der Waals surface area (Å²) < 4.78 is 36.5. The molecule has 1 heterocycles. The predicted molar refractivity (Wildman–Crippen MR) is 118 cm³/mol. The molecule has 1 N–H and O–H groups in total. The Labute approximate surface area is 182 Å². The zero-order chi connectivity index (χ0) is 22.8. The third-order valence-electron chi connectivity index (χ3n) is 5.34. The Balaban J connectivity index is 1.75. The van der Waals surface area contributed by atoms with Crippen LogP contribution < -0.4 is 19.7 Å². The van der Waals surface area contributed by atoms with Crippen molar-refractivity contribution in [1.29, 1.82) is 0 Å². The zero-order valence-corrected chi connectivity index (χ0v) is 18.8. The maximum atomic E-state index is 13.1. The molecule has 166 valence electrons. The van der Waals surface area contributed by atoms with Gasteiger partial charge in [-0.3, -0.25) is 9.59 Å². The SMILES string of the molecule is COc1ccc(OC)c(NC(=O)C[C@H](C)S(=O)(=O)c2ccc3c(c2)CCN3C(C)=O)c1. The number of benzene rings is 2. The number of carbonyl (C=O) groups excluding carboxylic acids is 2. The molecule has 3 rings (SSSR count). The Kier molecular flexibility index (Phi) is 6.54. The molecule has 2 aromatic carbocycles. The minimum atomic E-state index is -3.73. The molecule has 0 fully saturated rings. The van der Waals surface area contributed by atoms with Crippen molar-refractivity contribution in [2.75, 3.05) is 31.0 Å². The van der Waals surface area contributed by atoms with E-state index in [1.54, 1.807) is 35.2 Å². The van der Waals surface area contributed by atoms with Gasteiger partial charge in [0.25, 0.3) is 0 Å². The average molecular weight is 447 g/mol. The number of rotatable bonds is 7. The quantitative estimate of drug-likeness (QED) is 0.702. The number of nitrogens with zero attached hydrogens (tertiary/aromatic N) is 1. The molecule has 2 aromatic rings. The number of ether oxygens (including phenoxy) is 2. The van der Waals surface area contributed by atoms with Crippen LogP contribution in [0.1, 0.15) is 25.8 Å². The maximum absolute atomic E-state index is 13.1. The van der Waals surface area contributed by atoms with Gasteiger partial charge in [0.15, 0.2) is 9.84 Å². The first-order chi connectivity index (χ1) is 14.7. The van der Waals surface area contributed by atoms with Crippen LogP contribution in [0.2, 0.25) is 0 Å².